The van der Waals surface area contributed by atoms with Gasteiger partial charge in [0.2, 0.25) is 5.91 Å². The standard InChI is InChI=1S/C16H16ClN3O5/c1-24-14-6-4-11(20(22)23)8-12(14)18-9-16(21)19-13-7-10(17)3-5-15(13)25-2/h3-8,18H,9H2,1-2H3,(H,19,21). The molecule has 2 aromatic carbocycles. The molecule has 0 spiro atoms. The predicted molar refractivity (Wildman–Crippen MR) is 94.8 cm³/mol. The molecule has 0 saturated carbocycles. The van der Waals surface area contributed by atoms with Crippen LogP contribution in [0, 0.1) is 10.1 Å². The van der Waals surface area contributed by atoms with Crippen molar-refractivity contribution in [2.24, 2.45) is 0 Å². The number of hydrogen-bond acceptors (Lipinski definition) is 6. The van der Waals surface area contributed by atoms with E-state index in [0.29, 0.717) is 27.9 Å². The molecule has 0 atom stereocenters. The van der Waals surface area contributed by atoms with Crippen LogP contribution in [0.4, 0.5) is 17.1 Å². The SMILES string of the molecule is COc1ccc([N+](=O)[O-])cc1NCC(=O)Nc1cc(Cl)ccc1OC. The number of hydrogen-bond donors (Lipinski definition) is 2. The number of nitro benzene ring substituents is 1. The largest absolute Gasteiger partial charge is 0.495 e. The Labute approximate surface area is 148 Å². The Morgan fingerprint density at radius 1 is 1.12 bits per heavy atom. The summed E-state index contributed by atoms with van der Waals surface area (Å²) in [5, 5.41) is 16.8. The fourth-order valence-corrected chi connectivity index (χ4v) is 2.27. The third kappa shape index (κ3) is 4.74. The van der Waals surface area contributed by atoms with Crippen molar-refractivity contribution in [1.29, 1.82) is 0 Å². The van der Waals surface area contributed by atoms with E-state index in [4.69, 9.17) is 21.1 Å². The van der Waals surface area contributed by atoms with E-state index in [1.807, 2.05) is 0 Å². The van der Waals surface area contributed by atoms with E-state index in [1.165, 1.54) is 32.4 Å². The summed E-state index contributed by atoms with van der Waals surface area (Å²) in [4.78, 5) is 22.5. The second-order valence-corrected chi connectivity index (χ2v) is 5.32. The lowest BCUT2D eigenvalue weighted by atomic mass is 10.2. The third-order valence-electron chi connectivity index (χ3n) is 3.27. The van der Waals surface area contributed by atoms with Crippen molar-refractivity contribution in [2.75, 3.05) is 31.4 Å². The lowest BCUT2D eigenvalue weighted by Crippen LogP contribution is -2.22. The number of non-ortho nitro benzene ring substituents is 1. The molecule has 2 rings (SSSR count). The molecule has 2 N–H and O–H groups in total. The zero-order valence-corrected chi connectivity index (χ0v) is 14.3. The van der Waals surface area contributed by atoms with E-state index >= 15 is 0 Å². The van der Waals surface area contributed by atoms with Gasteiger partial charge >= 0.3 is 0 Å². The van der Waals surface area contributed by atoms with Gasteiger partial charge in [-0.3, -0.25) is 14.9 Å². The minimum Gasteiger partial charge on any atom is -0.495 e. The number of ether oxygens (including phenoxy) is 2. The van der Waals surface area contributed by atoms with Gasteiger partial charge in [0, 0.05) is 17.2 Å². The van der Waals surface area contributed by atoms with Crippen molar-refractivity contribution in [3.8, 4) is 11.5 Å². The van der Waals surface area contributed by atoms with Crippen LogP contribution in [-0.4, -0.2) is 31.6 Å². The Morgan fingerprint density at radius 3 is 2.40 bits per heavy atom. The number of nitro groups is 1. The summed E-state index contributed by atoms with van der Waals surface area (Å²) in [6.45, 7) is -0.132. The summed E-state index contributed by atoms with van der Waals surface area (Å²) in [6.07, 6.45) is 0. The molecule has 132 valence electrons. The van der Waals surface area contributed by atoms with Crippen LogP contribution in [-0.2, 0) is 4.79 Å². The summed E-state index contributed by atoms with van der Waals surface area (Å²) >= 11 is 5.91. The number of nitrogens with zero attached hydrogens (tertiary/aromatic N) is 1. The van der Waals surface area contributed by atoms with Gasteiger partial charge in [0.1, 0.15) is 11.5 Å². The van der Waals surface area contributed by atoms with Crippen LogP contribution in [0.15, 0.2) is 36.4 Å². The van der Waals surface area contributed by atoms with E-state index in [0.717, 1.165) is 0 Å². The molecule has 2 aromatic rings. The first-order chi connectivity index (χ1) is 11.9. The van der Waals surface area contributed by atoms with Crippen LogP contribution in [0.25, 0.3) is 0 Å². The molecular formula is C16H16ClN3O5. The second-order valence-electron chi connectivity index (χ2n) is 4.89. The zero-order chi connectivity index (χ0) is 18.4. The maximum absolute atomic E-state index is 12.1. The molecule has 0 saturated heterocycles. The van der Waals surface area contributed by atoms with Gasteiger partial charge in [0.25, 0.3) is 5.69 Å². The Morgan fingerprint density at radius 2 is 1.76 bits per heavy atom. The molecule has 0 aliphatic carbocycles. The lowest BCUT2D eigenvalue weighted by Gasteiger charge is -2.13. The minimum atomic E-state index is -0.526. The van der Waals surface area contributed by atoms with Crippen LogP contribution < -0.4 is 20.1 Å². The highest BCUT2D eigenvalue weighted by atomic mass is 35.5. The van der Waals surface area contributed by atoms with Gasteiger partial charge in [-0.15, -0.1) is 0 Å². The van der Waals surface area contributed by atoms with Gasteiger partial charge < -0.3 is 20.1 Å². The summed E-state index contributed by atoms with van der Waals surface area (Å²) in [5.41, 5.74) is 0.651. The molecule has 0 aliphatic heterocycles. The van der Waals surface area contributed by atoms with Crippen LogP contribution in [0.5, 0.6) is 11.5 Å². The van der Waals surface area contributed by atoms with Gasteiger partial charge in [-0.25, -0.2) is 0 Å². The molecule has 1 amide bonds. The average Bonchev–Trinajstić information content (AvgIpc) is 2.59. The minimum absolute atomic E-state index is 0.111. The van der Waals surface area contributed by atoms with Gasteiger partial charge in [-0.1, -0.05) is 11.6 Å². The summed E-state index contributed by atoms with van der Waals surface area (Å²) in [6, 6.07) is 8.91. The highest BCUT2D eigenvalue weighted by Gasteiger charge is 2.13. The molecule has 9 heteroatoms. The number of carbonyl (C=O) groups excluding carboxylic acids is 1. The van der Waals surface area contributed by atoms with E-state index in [2.05, 4.69) is 10.6 Å². The first-order valence-electron chi connectivity index (χ1n) is 7.14. The molecule has 0 fully saturated rings. The normalized spacial score (nSPS) is 10.0. The van der Waals surface area contributed by atoms with Crippen molar-refractivity contribution < 1.29 is 19.2 Å². The predicted octanol–water partition coefficient (Wildman–Crippen LogP) is 3.32. The topological polar surface area (TPSA) is 103 Å². The number of rotatable bonds is 7. The van der Waals surface area contributed by atoms with Crippen molar-refractivity contribution in [3.63, 3.8) is 0 Å². The highest BCUT2D eigenvalue weighted by molar-refractivity contribution is 6.31. The van der Waals surface area contributed by atoms with Crippen molar-refractivity contribution in [3.05, 3.63) is 51.5 Å². The third-order valence-corrected chi connectivity index (χ3v) is 3.50. The number of methoxy groups -OCH3 is 2. The highest BCUT2D eigenvalue weighted by Crippen LogP contribution is 2.29. The van der Waals surface area contributed by atoms with Crippen molar-refractivity contribution in [1.82, 2.24) is 0 Å². The molecule has 0 aromatic heterocycles. The molecule has 0 aliphatic rings. The Kier molecular flexibility index (Phi) is 6.02. The molecule has 0 bridgehead atoms. The number of benzene rings is 2. The average molecular weight is 366 g/mol. The second kappa shape index (κ2) is 8.20. The first-order valence-corrected chi connectivity index (χ1v) is 7.52. The Hall–Kier alpha value is -3.00. The summed E-state index contributed by atoms with van der Waals surface area (Å²) < 4.78 is 10.3. The number of nitrogens with one attached hydrogen (secondary N) is 2. The Balaban J connectivity index is 2.09. The fourth-order valence-electron chi connectivity index (χ4n) is 2.10. The van der Waals surface area contributed by atoms with Gasteiger partial charge in [0.15, 0.2) is 0 Å². The number of halogens is 1. The molecule has 0 radical (unpaired) electrons. The monoisotopic (exact) mass is 365 g/mol. The maximum atomic E-state index is 12.1. The van der Waals surface area contributed by atoms with Crippen molar-refractivity contribution >= 4 is 34.6 Å². The van der Waals surface area contributed by atoms with Gasteiger partial charge in [-0.05, 0) is 24.3 Å². The molecule has 0 unspecified atom stereocenters. The maximum Gasteiger partial charge on any atom is 0.271 e. The summed E-state index contributed by atoms with van der Waals surface area (Å²) in [7, 11) is 2.91. The zero-order valence-electron chi connectivity index (χ0n) is 13.5. The van der Waals surface area contributed by atoms with Gasteiger partial charge in [0.05, 0.1) is 37.1 Å². The molecular weight excluding hydrogens is 350 g/mol. The molecule has 8 nitrogen and oxygen atoms in total. The summed E-state index contributed by atoms with van der Waals surface area (Å²) in [5.74, 6) is 0.471. The number of carbonyl (C=O) groups is 1. The molecule has 25 heavy (non-hydrogen) atoms. The molecule has 0 heterocycles. The fraction of sp³-hybridized carbons (Fsp3) is 0.188. The quantitative estimate of drug-likeness (QED) is 0.576. The van der Waals surface area contributed by atoms with Crippen LogP contribution in [0.3, 0.4) is 0 Å². The van der Waals surface area contributed by atoms with Gasteiger partial charge in [-0.2, -0.15) is 0 Å². The smallest absolute Gasteiger partial charge is 0.271 e. The van der Waals surface area contributed by atoms with E-state index < -0.39 is 4.92 Å². The first kappa shape index (κ1) is 18.3. The number of amides is 1. The van der Waals surface area contributed by atoms with Crippen LogP contribution in [0.2, 0.25) is 5.02 Å². The van der Waals surface area contributed by atoms with Crippen LogP contribution in [0.1, 0.15) is 0 Å². The Bertz CT molecular complexity index is 797. The lowest BCUT2D eigenvalue weighted by molar-refractivity contribution is -0.384. The van der Waals surface area contributed by atoms with E-state index in [9.17, 15) is 14.9 Å². The van der Waals surface area contributed by atoms with Crippen LogP contribution >= 0.6 is 11.6 Å². The number of anilines is 2. The van der Waals surface area contributed by atoms with Crippen molar-refractivity contribution in [2.45, 2.75) is 0 Å². The van der Waals surface area contributed by atoms with E-state index in [-0.39, 0.29) is 18.1 Å². The van der Waals surface area contributed by atoms with E-state index in [1.54, 1.807) is 18.2 Å².